The zero-order chi connectivity index (χ0) is 29.6. The summed E-state index contributed by atoms with van der Waals surface area (Å²) in [5.74, 6) is -0.625. The summed E-state index contributed by atoms with van der Waals surface area (Å²) in [6, 6.07) is 15.5. The predicted octanol–water partition coefficient (Wildman–Crippen LogP) is 4.79. The van der Waals surface area contributed by atoms with Crippen LogP contribution in [-0.2, 0) is 12.0 Å². The number of aliphatic hydroxyl groups is 1. The van der Waals surface area contributed by atoms with Crippen LogP contribution < -0.4 is 10.7 Å². The summed E-state index contributed by atoms with van der Waals surface area (Å²) in [6.45, 7) is 15.7. The summed E-state index contributed by atoms with van der Waals surface area (Å²) < 4.78 is 0. The zero-order valence-corrected chi connectivity index (χ0v) is 25.5. The lowest BCUT2D eigenvalue weighted by atomic mass is 9.94. The summed E-state index contributed by atoms with van der Waals surface area (Å²) >= 11 is 1.37. The van der Waals surface area contributed by atoms with Crippen molar-refractivity contribution in [2.24, 2.45) is 5.10 Å². The SMILES string of the molecule is Cc1ccc(/C=N/NC(=O)c2sc(C(C)(C)C)cc2NC(=O)c2cccc(CN3CCN(CCO)CC3)c2)cc1C. The van der Waals surface area contributed by atoms with Gasteiger partial charge in [0.2, 0.25) is 0 Å². The van der Waals surface area contributed by atoms with Gasteiger partial charge < -0.3 is 10.4 Å². The first kappa shape index (κ1) is 30.6. The summed E-state index contributed by atoms with van der Waals surface area (Å²) in [6.07, 6.45) is 1.62. The molecule has 218 valence electrons. The van der Waals surface area contributed by atoms with E-state index in [0.717, 1.165) is 54.3 Å². The summed E-state index contributed by atoms with van der Waals surface area (Å²) in [5.41, 5.74) is 7.78. The van der Waals surface area contributed by atoms with E-state index in [9.17, 15) is 14.7 Å². The standard InChI is InChI=1S/C32H41N5O3S/c1-22-9-10-24(17-23(22)2)20-33-35-31(40)29-27(19-28(41-29)32(3,4)5)34-30(39)26-8-6-7-25(18-26)21-37-13-11-36(12-14-37)15-16-38/h6-10,17-20,38H,11-16,21H2,1-5H3,(H,34,39)(H,35,40)/b33-20+. The molecular weight excluding hydrogens is 534 g/mol. The minimum absolute atomic E-state index is 0.183. The molecule has 2 aromatic carbocycles. The lowest BCUT2D eigenvalue weighted by molar-refractivity contribution is 0.0960. The normalized spacial score (nSPS) is 14.9. The highest BCUT2D eigenvalue weighted by Crippen LogP contribution is 2.35. The maximum Gasteiger partial charge on any atom is 0.283 e. The summed E-state index contributed by atoms with van der Waals surface area (Å²) in [7, 11) is 0. The lowest BCUT2D eigenvalue weighted by Crippen LogP contribution is -2.46. The van der Waals surface area contributed by atoms with Crippen LogP contribution in [-0.4, -0.2) is 72.3 Å². The van der Waals surface area contributed by atoms with Crippen molar-refractivity contribution < 1.29 is 14.7 Å². The van der Waals surface area contributed by atoms with Gasteiger partial charge in [0.05, 0.1) is 18.5 Å². The van der Waals surface area contributed by atoms with E-state index in [0.29, 0.717) is 22.7 Å². The Balaban J connectivity index is 1.45. The lowest BCUT2D eigenvalue weighted by Gasteiger charge is -2.34. The quantitative estimate of drug-likeness (QED) is 0.252. The number of carbonyl (C=O) groups is 2. The molecule has 1 aromatic heterocycles. The fraction of sp³-hybridized carbons (Fsp3) is 0.406. The van der Waals surface area contributed by atoms with Gasteiger partial charge in [-0.3, -0.25) is 19.4 Å². The van der Waals surface area contributed by atoms with Crippen molar-refractivity contribution in [2.45, 2.75) is 46.6 Å². The number of nitrogens with zero attached hydrogens (tertiary/aromatic N) is 3. The molecule has 0 saturated carbocycles. The Labute approximate surface area is 247 Å². The van der Waals surface area contributed by atoms with Crippen molar-refractivity contribution >= 4 is 35.1 Å². The molecule has 0 unspecified atom stereocenters. The van der Waals surface area contributed by atoms with Crippen LogP contribution >= 0.6 is 11.3 Å². The second kappa shape index (κ2) is 13.5. The van der Waals surface area contributed by atoms with Crippen molar-refractivity contribution in [1.29, 1.82) is 0 Å². The van der Waals surface area contributed by atoms with Crippen LogP contribution in [0.5, 0.6) is 0 Å². The van der Waals surface area contributed by atoms with Gasteiger partial charge in [-0.2, -0.15) is 5.10 Å². The molecule has 3 aromatic rings. The number of anilines is 1. The summed E-state index contributed by atoms with van der Waals surface area (Å²) in [5, 5.41) is 16.3. The van der Waals surface area contributed by atoms with Crippen LogP contribution in [0.15, 0.2) is 53.6 Å². The number of hydrogen-bond donors (Lipinski definition) is 3. The molecular formula is C32H41N5O3S. The Morgan fingerprint density at radius 2 is 1.71 bits per heavy atom. The number of carbonyl (C=O) groups excluding carboxylic acids is 2. The first-order valence-electron chi connectivity index (χ1n) is 14.0. The fourth-order valence-electron chi connectivity index (χ4n) is 4.66. The van der Waals surface area contributed by atoms with Crippen LogP contribution in [0.4, 0.5) is 5.69 Å². The molecule has 0 radical (unpaired) electrons. The van der Waals surface area contributed by atoms with E-state index in [2.05, 4.69) is 53.3 Å². The van der Waals surface area contributed by atoms with Crippen molar-refractivity contribution in [2.75, 3.05) is 44.6 Å². The van der Waals surface area contributed by atoms with Crippen molar-refractivity contribution in [3.8, 4) is 0 Å². The topological polar surface area (TPSA) is 97.3 Å². The largest absolute Gasteiger partial charge is 0.395 e. The Morgan fingerprint density at radius 3 is 2.39 bits per heavy atom. The maximum atomic E-state index is 13.4. The molecule has 4 rings (SSSR count). The number of rotatable bonds is 9. The van der Waals surface area contributed by atoms with Crippen LogP contribution in [0.2, 0.25) is 0 Å². The molecule has 0 spiro atoms. The van der Waals surface area contributed by atoms with Gasteiger partial charge in [-0.1, -0.05) is 51.1 Å². The molecule has 1 aliphatic heterocycles. The van der Waals surface area contributed by atoms with Gasteiger partial charge >= 0.3 is 0 Å². The van der Waals surface area contributed by atoms with Crippen molar-refractivity contribution in [1.82, 2.24) is 15.2 Å². The number of aliphatic hydroxyl groups excluding tert-OH is 1. The first-order chi connectivity index (χ1) is 19.5. The number of thiophene rings is 1. The molecule has 1 aliphatic rings. The third-order valence-corrected chi connectivity index (χ3v) is 8.87. The molecule has 3 N–H and O–H groups in total. The van der Waals surface area contributed by atoms with Crippen LogP contribution in [0, 0.1) is 13.8 Å². The molecule has 1 fully saturated rings. The second-order valence-electron chi connectivity index (χ2n) is 11.6. The molecule has 9 heteroatoms. The van der Waals surface area contributed by atoms with Gasteiger partial charge in [0.25, 0.3) is 11.8 Å². The molecule has 41 heavy (non-hydrogen) atoms. The molecule has 1 saturated heterocycles. The molecule has 0 bridgehead atoms. The molecule has 2 amide bonds. The molecule has 0 aliphatic carbocycles. The highest BCUT2D eigenvalue weighted by molar-refractivity contribution is 7.14. The van der Waals surface area contributed by atoms with Crippen LogP contribution in [0.25, 0.3) is 0 Å². The fourth-order valence-corrected chi connectivity index (χ4v) is 5.72. The predicted molar refractivity (Wildman–Crippen MR) is 167 cm³/mol. The summed E-state index contributed by atoms with van der Waals surface area (Å²) in [4.78, 5) is 32.6. The highest BCUT2D eigenvalue weighted by atomic mass is 32.1. The number of benzene rings is 2. The van der Waals surface area contributed by atoms with Gasteiger partial charge in [-0.25, -0.2) is 5.43 Å². The van der Waals surface area contributed by atoms with Gasteiger partial charge in [0.15, 0.2) is 0 Å². The molecule has 8 nitrogen and oxygen atoms in total. The van der Waals surface area contributed by atoms with E-state index in [1.165, 1.54) is 16.9 Å². The number of nitrogens with one attached hydrogen (secondary N) is 2. The van der Waals surface area contributed by atoms with Gasteiger partial charge in [0.1, 0.15) is 4.88 Å². The Bertz CT molecular complexity index is 1400. The molecule has 2 heterocycles. The van der Waals surface area contributed by atoms with Crippen LogP contribution in [0.3, 0.4) is 0 Å². The number of hydrazone groups is 1. The highest BCUT2D eigenvalue weighted by Gasteiger charge is 2.24. The van der Waals surface area contributed by atoms with E-state index in [1.807, 2.05) is 49.4 Å². The minimum atomic E-state index is -0.366. The van der Waals surface area contributed by atoms with Crippen molar-refractivity contribution in [3.05, 3.63) is 86.1 Å². The Morgan fingerprint density at radius 1 is 0.976 bits per heavy atom. The number of β-amino-alcohol motifs (C(OH)–C–C–N with tert-alkyl or cyclic N) is 1. The van der Waals surface area contributed by atoms with E-state index in [4.69, 9.17) is 0 Å². The minimum Gasteiger partial charge on any atom is -0.395 e. The zero-order valence-electron chi connectivity index (χ0n) is 24.7. The number of piperazine rings is 1. The Kier molecular flexibility index (Phi) is 10.1. The number of amides is 2. The van der Waals surface area contributed by atoms with E-state index in [1.54, 1.807) is 12.3 Å². The average Bonchev–Trinajstić information content (AvgIpc) is 3.37. The number of hydrogen-bond acceptors (Lipinski definition) is 7. The third-order valence-electron chi connectivity index (χ3n) is 7.31. The number of aryl methyl sites for hydroxylation is 2. The monoisotopic (exact) mass is 575 g/mol. The van der Waals surface area contributed by atoms with Gasteiger partial charge in [-0.15, -0.1) is 11.3 Å². The van der Waals surface area contributed by atoms with E-state index >= 15 is 0 Å². The first-order valence-corrected chi connectivity index (χ1v) is 14.9. The average molecular weight is 576 g/mol. The Hall–Kier alpha value is -3.37. The van der Waals surface area contributed by atoms with Crippen molar-refractivity contribution in [3.63, 3.8) is 0 Å². The molecule has 0 atom stereocenters. The smallest absolute Gasteiger partial charge is 0.283 e. The van der Waals surface area contributed by atoms with Gasteiger partial charge in [-0.05, 0) is 59.7 Å². The maximum absolute atomic E-state index is 13.4. The van der Waals surface area contributed by atoms with Crippen LogP contribution in [0.1, 0.15) is 67.9 Å². The van der Waals surface area contributed by atoms with E-state index in [-0.39, 0.29) is 23.8 Å². The second-order valence-corrected chi connectivity index (χ2v) is 12.7. The van der Waals surface area contributed by atoms with Gasteiger partial charge in [0, 0.05) is 49.7 Å². The third kappa shape index (κ3) is 8.33. The van der Waals surface area contributed by atoms with E-state index < -0.39 is 0 Å².